The largest absolute Gasteiger partial charge is 0.481 e. The number of rotatable bonds is 9. The molecule has 0 saturated carbocycles. The van der Waals surface area contributed by atoms with Gasteiger partial charge in [-0.3, -0.25) is 4.79 Å². The molecule has 2 rings (SSSR count). The summed E-state index contributed by atoms with van der Waals surface area (Å²) in [6.45, 7) is -0.350. The van der Waals surface area contributed by atoms with E-state index in [9.17, 15) is 19.1 Å². The van der Waals surface area contributed by atoms with Crippen molar-refractivity contribution in [3.05, 3.63) is 71.5 Å². The molecular formula is C20H23FN2O4. The van der Waals surface area contributed by atoms with Crippen molar-refractivity contribution >= 4 is 12.0 Å². The molecule has 0 aliphatic carbocycles. The first-order valence-corrected chi connectivity index (χ1v) is 8.67. The predicted octanol–water partition coefficient (Wildman–Crippen LogP) is 2.63. The van der Waals surface area contributed by atoms with E-state index in [2.05, 4.69) is 10.6 Å². The van der Waals surface area contributed by atoms with Gasteiger partial charge < -0.3 is 20.8 Å². The molecule has 2 aromatic carbocycles. The van der Waals surface area contributed by atoms with E-state index in [-0.39, 0.29) is 25.5 Å². The Morgan fingerprint density at radius 1 is 1.00 bits per heavy atom. The lowest BCUT2D eigenvalue weighted by Gasteiger charge is -2.22. The van der Waals surface area contributed by atoms with E-state index in [1.165, 1.54) is 24.3 Å². The zero-order valence-corrected chi connectivity index (χ0v) is 14.8. The molecule has 0 spiro atoms. The molecule has 0 heterocycles. The standard InChI is InChI=1S/C20H23FN2O4/c21-16-8-6-15(7-9-16)18(13-24)23-20(27)22-17(10-11-19(25)26)12-14-4-2-1-3-5-14/h1-9,17-18,24H,10-13H2,(H,25,26)(H2,22,23,27). The minimum atomic E-state index is -0.935. The molecule has 0 aliphatic heterocycles. The number of aliphatic hydroxyl groups is 1. The molecule has 27 heavy (non-hydrogen) atoms. The first-order valence-electron chi connectivity index (χ1n) is 8.67. The Hall–Kier alpha value is -2.93. The Balaban J connectivity index is 2.00. The first-order chi connectivity index (χ1) is 13.0. The minimum absolute atomic E-state index is 0.0703. The second-order valence-corrected chi connectivity index (χ2v) is 6.22. The molecule has 6 nitrogen and oxygen atoms in total. The maximum Gasteiger partial charge on any atom is 0.315 e. The zero-order valence-electron chi connectivity index (χ0n) is 14.8. The Morgan fingerprint density at radius 2 is 1.67 bits per heavy atom. The summed E-state index contributed by atoms with van der Waals surface area (Å²) >= 11 is 0. The monoisotopic (exact) mass is 374 g/mol. The average Bonchev–Trinajstić information content (AvgIpc) is 2.66. The Labute approximate surface area is 157 Å². The fourth-order valence-corrected chi connectivity index (χ4v) is 2.74. The number of amides is 2. The molecule has 2 unspecified atom stereocenters. The summed E-state index contributed by atoms with van der Waals surface area (Å²) in [7, 11) is 0. The van der Waals surface area contributed by atoms with Gasteiger partial charge in [0, 0.05) is 12.5 Å². The molecule has 0 bridgehead atoms. The summed E-state index contributed by atoms with van der Waals surface area (Å²) in [5.74, 6) is -1.34. The number of hydrogen-bond acceptors (Lipinski definition) is 3. The second kappa shape index (κ2) is 10.3. The molecule has 0 aromatic heterocycles. The molecule has 2 amide bonds. The van der Waals surface area contributed by atoms with Crippen molar-refractivity contribution in [1.82, 2.24) is 10.6 Å². The van der Waals surface area contributed by atoms with Gasteiger partial charge in [-0.15, -0.1) is 0 Å². The van der Waals surface area contributed by atoms with Crippen molar-refractivity contribution in [3.63, 3.8) is 0 Å². The summed E-state index contributed by atoms with van der Waals surface area (Å²) in [6.07, 6.45) is 0.693. The number of urea groups is 1. The van der Waals surface area contributed by atoms with E-state index in [0.29, 0.717) is 12.0 Å². The van der Waals surface area contributed by atoms with Gasteiger partial charge in [-0.1, -0.05) is 42.5 Å². The van der Waals surface area contributed by atoms with E-state index in [4.69, 9.17) is 5.11 Å². The summed E-state index contributed by atoms with van der Waals surface area (Å²) in [5.41, 5.74) is 1.55. The van der Waals surface area contributed by atoms with Gasteiger partial charge in [0.1, 0.15) is 5.82 Å². The third-order valence-corrected chi connectivity index (χ3v) is 4.13. The van der Waals surface area contributed by atoms with Crippen LogP contribution in [0, 0.1) is 5.82 Å². The third-order valence-electron chi connectivity index (χ3n) is 4.13. The van der Waals surface area contributed by atoms with E-state index in [1.54, 1.807) is 0 Å². The van der Waals surface area contributed by atoms with Crippen LogP contribution in [0.4, 0.5) is 9.18 Å². The number of hydrogen-bond donors (Lipinski definition) is 4. The van der Waals surface area contributed by atoms with Crippen molar-refractivity contribution in [2.24, 2.45) is 0 Å². The molecule has 4 N–H and O–H groups in total. The maximum atomic E-state index is 13.0. The van der Waals surface area contributed by atoms with Crippen LogP contribution in [0.1, 0.15) is 30.0 Å². The highest BCUT2D eigenvalue weighted by Gasteiger charge is 2.18. The number of benzene rings is 2. The SMILES string of the molecule is O=C(O)CCC(Cc1ccccc1)NC(=O)NC(CO)c1ccc(F)cc1. The van der Waals surface area contributed by atoms with E-state index in [0.717, 1.165) is 5.56 Å². The van der Waals surface area contributed by atoms with Gasteiger partial charge in [-0.2, -0.15) is 0 Å². The number of aliphatic hydroxyl groups excluding tert-OH is 1. The van der Waals surface area contributed by atoms with Crippen LogP contribution in [0.2, 0.25) is 0 Å². The molecule has 7 heteroatoms. The van der Waals surface area contributed by atoms with E-state index in [1.807, 2.05) is 30.3 Å². The second-order valence-electron chi connectivity index (χ2n) is 6.22. The third kappa shape index (κ3) is 7.07. The highest BCUT2D eigenvalue weighted by atomic mass is 19.1. The minimum Gasteiger partial charge on any atom is -0.481 e. The zero-order chi connectivity index (χ0) is 19.6. The maximum absolute atomic E-state index is 13.0. The van der Waals surface area contributed by atoms with Crippen molar-refractivity contribution < 1.29 is 24.2 Å². The predicted molar refractivity (Wildman–Crippen MR) is 98.7 cm³/mol. The number of carboxylic acid groups (broad SMARTS) is 1. The van der Waals surface area contributed by atoms with Gasteiger partial charge in [0.05, 0.1) is 12.6 Å². The first kappa shape index (κ1) is 20.4. The normalized spacial score (nSPS) is 12.8. The summed E-state index contributed by atoms with van der Waals surface area (Å²) in [4.78, 5) is 23.2. The Kier molecular flexibility index (Phi) is 7.76. The highest BCUT2D eigenvalue weighted by molar-refractivity contribution is 5.75. The van der Waals surface area contributed by atoms with Gasteiger partial charge in [0.25, 0.3) is 0 Å². The average molecular weight is 374 g/mol. The fraction of sp³-hybridized carbons (Fsp3) is 0.300. The number of carbonyl (C=O) groups excluding carboxylic acids is 1. The van der Waals surface area contributed by atoms with Gasteiger partial charge in [-0.25, -0.2) is 9.18 Å². The van der Waals surface area contributed by atoms with E-state index < -0.39 is 23.9 Å². The van der Waals surface area contributed by atoms with Crippen LogP contribution in [-0.4, -0.2) is 34.9 Å². The van der Waals surface area contributed by atoms with E-state index >= 15 is 0 Å². The number of halogens is 1. The molecule has 0 radical (unpaired) electrons. The fourth-order valence-electron chi connectivity index (χ4n) is 2.74. The quantitative estimate of drug-likeness (QED) is 0.542. The summed E-state index contributed by atoms with van der Waals surface area (Å²) in [6, 6.07) is 13.3. The number of aliphatic carboxylic acids is 1. The van der Waals surface area contributed by atoms with Crippen molar-refractivity contribution in [2.75, 3.05) is 6.61 Å². The van der Waals surface area contributed by atoms with Crippen molar-refractivity contribution in [1.29, 1.82) is 0 Å². The van der Waals surface area contributed by atoms with Gasteiger partial charge in [0.15, 0.2) is 0 Å². The highest BCUT2D eigenvalue weighted by Crippen LogP contribution is 2.13. The number of carboxylic acids is 1. The molecular weight excluding hydrogens is 351 g/mol. The van der Waals surface area contributed by atoms with Crippen LogP contribution in [-0.2, 0) is 11.2 Å². The van der Waals surface area contributed by atoms with Crippen LogP contribution >= 0.6 is 0 Å². The number of carbonyl (C=O) groups is 2. The van der Waals surface area contributed by atoms with Crippen LogP contribution in [0.5, 0.6) is 0 Å². The van der Waals surface area contributed by atoms with Gasteiger partial charge in [-0.05, 0) is 36.1 Å². The molecule has 144 valence electrons. The van der Waals surface area contributed by atoms with Crippen LogP contribution in [0.15, 0.2) is 54.6 Å². The summed E-state index contributed by atoms with van der Waals surface area (Å²) < 4.78 is 13.0. The molecule has 2 aromatic rings. The van der Waals surface area contributed by atoms with Crippen LogP contribution < -0.4 is 10.6 Å². The smallest absolute Gasteiger partial charge is 0.315 e. The van der Waals surface area contributed by atoms with Gasteiger partial charge >= 0.3 is 12.0 Å². The van der Waals surface area contributed by atoms with Crippen molar-refractivity contribution in [2.45, 2.75) is 31.3 Å². The molecule has 0 saturated heterocycles. The van der Waals surface area contributed by atoms with Crippen LogP contribution in [0.3, 0.4) is 0 Å². The summed E-state index contributed by atoms with van der Waals surface area (Å²) in [5, 5.41) is 23.9. The van der Waals surface area contributed by atoms with Gasteiger partial charge in [0.2, 0.25) is 0 Å². The lowest BCUT2D eigenvalue weighted by molar-refractivity contribution is -0.137. The molecule has 0 aliphatic rings. The lowest BCUT2D eigenvalue weighted by Crippen LogP contribution is -2.45. The molecule has 2 atom stereocenters. The topological polar surface area (TPSA) is 98.7 Å². The van der Waals surface area contributed by atoms with Crippen molar-refractivity contribution in [3.8, 4) is 0 Å². The lowest BCUT2D eigenvalue weighted by atomic mass is 10.0. The van der Waals surface area contributed by atoms with Crippen LogP contribution in [0.25, 0.3) is 0 Å². The number of nitrogens with one attached hydrogen (secondary N) is 2. The Morgan fingerprint density at radius 3 is 2.26 bits per heavy atom. The molecule has 0 fully saturated rings. The Bertz CT molecular complexity index is 737.